The van der Waals surface area contributed by atoms with E-state index in [1.54, 1.807) is 18.2 Å². The molecule has 0 amide bonds. The van der Waals surface area contributed by atoms with Crippen LogP contribution in [0, 0.1) is 11.3 Å². The molecule has 0 saturated heterocycles. The molecule has 16 heavy (non-hydrogen) atoms. The molecule has 2 rings (SSSR count). The highest BCUT2D eigenvalue weighted by Gasteiger charge is 2.31. The van der Waals surface area contributed by atoms with Gasteiger partial charge in [-0.2, -0.15) is 5.26 Å². The molecule has 6 heteroatoms. The first-order valence-corrected chi connectivity index (χ1v) is 6.55. The van der Waals surface area contributed by atoms with Crippen LogP contribution in [0.25, 0.3) is 0 Å². The van der Waals surface area contributed by atoms with Crippen LogP contribution in [0.3, 0.4) is 0 Å². The first-order valence-electron chi connectivity index (χ1n) is 4.71. The Morgan fingerprint density at radius 1 is 1.56 bits per heavy atom. The highest BCUT2D eigenvalue weighted by molar-refractivity contribution is 7.92. The van der Waals surface area contributed by atoms with Gasteiger partial charge in [-0.25, -0.2) is 8.42 Å². The molecule has 0 bridgehead atoms. The molecule has 84 valence electrons. The molecule has 5 nitrogen and oxygen atoms in total. The Hall–Kier alpha value is -1.58. The Bertz CT molecular complexity index is 574. The number of nitrogens with two attached hydrogens (primary N) is 1. The summed E-state index contributed by atoms with van der Waals surface area (Å²) in [5.41, 5.74) is 7.56. The lowest BCUT2D eigenvalue weighted by molar-refractivity contribution is 0.595. The number of fused-ring (bicyclic) bond motifs is 1. The summed E-state index contributed by atoms with van der Waals surface area (Å²) in [5.74, 6) is 0. The summed E-state index contributed by atoms with van der Waals surface area (Å²) in [6, 6.07) is 6.57. The van der Waals surface area contributed by atoms with Crippen molar-refractivity contribution < 1.29 is 8.42 Å². The number of nitriles is 1. The van der Waals surface area contributed by atoms with Crippen molar-refractivity contribution in [1.82, 2.24) is 0 Å². The maximum atomic E-state index is 11.5. The zero-order valence-corrected chi connectivity index (χ0v) is 9.53. The van der Waals surface area contributed by atoms with Crippen molar-refractivity contribution in [2.75, 3.05) is 17.1 Å². The fraction of sp³-hybridized carbons (Fsp3) is 0.300. The zero-order chi connectivity index (χ0) is 11.9. The number of hydrogen-bond acceptors (Lipinski definition) is 4. The summed E-state index contributed by atoms with van der Waals surface area (Å²) < 4.78 is 24.3. The third-order valence-corrected chi connectivity index (χ3v) is 3.74. The molecule has 1 aliphatic rings. The monoisotopic (exact) mass is 237 g/mol. The molecule has 0 spiro atoms. The van der Waals surface area contributed by atoms with Crippen LogP contribution < -0.4 is 10.0 Å². The van der Waals surface area contributed by atoms with Crippen LogP contribution in [-0.4, -0.2) is 21.2 Å². The van der Waals surface area contributed by atoms with Gasteiger partial charge in [-0.1, -0.05) is 6.07 Å². The Balaban J connectivity index is 2.60. The van der Waals surface area contributed by atoms with Gasteiger partial charge in [0.2, 0.25) is 10.0 Å². The smallest absolute Gasteiger partial charge is 0.232 e. The van der Waals surface area contributed by atoms with Gasteiger partial charge in [0.25, 0.3) is 0 Å². The maximum absolute atomic E-state index is 11.5. The van der Waals surface area contributed by atoms with Crippen molar-refractivity contribution in [2.24, 2.45) is 5.73 Å². The lowest BCUT2D eigenvalue weighted by atomic mass is 10.1. The lowest BCUT2D eigenvalue weighted by Gasteiger charge is -2.16. The summed E-state index contributed by atoms with van der Waals surface area (Å²) in [6.45, 7) is 0.239. The van der Waals surface area contributed by atoms with Gasteiger partial charge in [-0.3, -0.25) is 4.31 Å². The molecule has 1 aromatic carbocycles. The van der Waals surface area contributed by atoms with Gasteiger partial charge in [0.05, 0.1) is 36.2 Å². The minimum absolute atomic E-state index is 0.239. The molecule has 1 unspecified atom stereocenters. The van der Waals surface area contributed by atoms with Crippen molar-refractivity contribution >= 4 is 15.7 Å². The Morgan fingerprint density at radius 3 is 2.81 bits per heavy atom. The molecule has 0 radical (unpaired) electrons. The summed E-state index contributed by atoms with van der Waals surface area (Å²) in [4.78, 5) is 0. The van der Waals surface area contributed by atoms with Crippen molar-refractivity contribution in [3.05, 3.63) is 29.3 Å². The minimum Gasteiger partial charge on any atom is -0.322 e. The average molecular weight is 237 g/mol. The third kappa shape index (κ3) is 1.64. The number of rotatable bonds is 1. The van der Waals surface area contributed by atoms with Gasteiger partial charge < -0.3 is 5.73 Å². The molecule has 0 fully saturated rings. The van der Waals surface area contributed by atoms with E-state index in [-0.39, 0.29) is 12.6 Å². The molecular weight excluding hydrogens is 226 g/mol. The van der Waals surface area contributed by atoms with Crippen LogP contribution in [0.4, 0.5) is 5.69 Å². The van der Waals surface area contributed by atoms with Gasteiger partial charge in [0.15, 0.2) is 0 Å². The number of anilines is 1. The van der Waals surface area contributed by atoms with Gasteiger partial charge in [0.1, 0.15) is 0 Å². The number of nitrogens with zero attached hydrogens (tertiary/aromatic N) is 2. The highest BCUT2D eigenvalue weighted by atomic mass is 32.2. The Morgan fingerprint density at radius 2 is 2.25 bits per heavy atom. The van der Waals surface area contributed by atoms with Crippen LogP contribution in [0.15, 0.2) is 18.2 Å². The van der Waals surface area contributed by atoms with Gasteiger partial charge >= 0.3 is 0 Å². The molecule has 2 N–H and O–H groups in total. The normalized spacial score (nSPS) is 19.3. The maximum Gasteiger partial charge on any atom is 0.232 e. The Kier molecular flexibility index (Phi) is 2.37. The topological polar surface area (TPSA) is 87.2 Å². The third-order valence-electron chi connectivity index (χ3n) is 2.59. The molecular formula is C10H11N3O2S. The second-order valence-electron chi connectivity index (χ2n) is 3.79. The molecule has 0 aromatic heterocycles. The molecule has 1 heterocycles. The number of hydrogen-bond donors (Lipinski definition) is 1. The van der Waals surface area contributed by atoms with Crippen molar-refractivity contribution in [3.63, 3.8) is 0 Å². The van der Waals surface area contributed by atoms with E-state index in [0.717, 1.165) is 11.8 Å². The van der Waals surface area contributed by atoms with Gasteiger partial charge in [-0.15, -0.1) is 0 Å². The first-order chi connectivity index (χ1) is 7.43. The fourth-order valence-corrected chi connectivity index (χ4v) is 2.78. The van der Waals surface area contributed by atoms with Crippen molar-refractivity contribution in [2.45, 2.75) is 6.04 Å². The Labute approximate surface area is 94.1 Å². The summed E-state index contributed by atoms with van der Waals surface area (Å²) in [5, 5.41) is 8.77. The second kappa shape index (κ2) is 3.47. The van der Waals surface area contributed by atoms with E-state index in [0.29, 0.717) is 11.3 Å². The fourth-order valence-electron chi connectivity index (χ4n) is 1.83. The minimum atomic E-state index is -3.33. The van der Waals surface area contributed by atoms with E-state index >= 15 is 0 Å². The van der Waals surface area contributed by atoms with Gasteiger partial charge in [-0.05, 0) is 17.7 Å². The van der Waals surface area contributed by atoms with E-state index in [1.165, 1.54) is 4.31 Å². The molecule has 1 aliphatic heterocycles. The van der Waals surface area contributed by atoms with Crippen LogP contribution in [-0.2, 0) is 10.0 Å². The summed E-state index contributed by atoms with van der Waals surface area (Å²) in [7, 11) is -3.33. The summed E-state index contributed by atoms with van der Waals surface area (Å²) in [6.07, 6.45) is 1.13. The lowest BCUT2D eigenvalue weighted by Crippen LogP contribution is -2.30. The van der Waals surface area contributed by atoms with Crippen molar-refractivity contribution in [3.8, 4) is 6.07 Å². The van der Waals surface area contributed by atoms with Gasteiger partial charge in [0, 0.05) is 0 Å². The molecule has 0 saturated carbocycles. The predicted molar refractivity (Wildman–Crippen MR) is 60.3 cm³/mol. The van der Waals surface area contributed by atoms with E-state index in [9.17, 15) is 8.42 Å². The van der Waals surface area contributed by atoms with Crippen LogP contribution >= 0.6 is 0 Å². The van der Waals surface area contributed by atoms with E-state index in [2.05, 4.69) is 0 Å². The number of benzene rings is 1. The average Bonchev–Trinajstić information content (AvgIpc) is 2.55. The quantitative estimate of drug-likeness (QED) is 0.762. The van der Waals surface area contributed by atoms with Crippen LogP contribution in [0.5, 0.6) is 0 Å². The highest BCUT2D eigenvalue weighted by Crippen LogP contribution is 2.35. The SMILES string of the molecule is CS(=O)(=O)N1CC(N)c2ccc(C#N)cc21. The van der Waals surface area contributed by atoms with Crippen molar-refractivity contribution in [1.29, 1.82) is 5.26 Å². The van der Waals surface area contributed by atoms with Crippen LogP contribution in [0.2, 0.25) is 0 Å². The van der Waals surface area contributed by atoms with Crippen LogP contribution in [0.1, 0.15) is 17.2 Å². The van der Waals surface area contributed by atoms with E-state index in [4.69, 9.17) is 11.0 Å². The first kappa shape index (κ1) is 10.9. The molecule has 1 atom stereocenters. The molecule has 0 aliphatic carbocycles. The largest absolute Gasteiger partial charge is 0.322 e. The standard InChI is InChI=1S/C10H11N3O2S/c1-16(14,15)13-6-9(12)8-3-2-7(5-11)4-10(8)13/h2-4,9H,6,12H2,1H3. The summed E-state index contributed by atoms with van der Waals surface area (Å²) >= 11 is 0. The molecule has 1 aromatic rings. The van der Waals surface area contributed by atoms with E-state index in [1.807, 2.05) is 6.07 Å². The number of sulfonamides is 1. The van der Waals surface area contributed by atoms with E-state index < -0.39 is 10.0 Å². The predicted octanol–water partition coefficient (Wildman–Crippen LogP) is 0.338. The zero-order valence-electron chi connectivity index (χ0n) is 8.71. The second-order valence-corrected chi connectivity index (χ2v) is 5.69.